The number of primary amides is 1. The van der Waals surface area contributed by atoms with Gasteiger partial charge in [-0.1, -0.05) is 18.2 Å². The SMILES string of the molecule is COc1ccc(-c2nn(-c3ccccc3)cc2/C=N/NC(N)=O)cc1. The van der Waals surface area contributed by atoms with Gasteiger partial charge in [-0.05, 0) is 36.4 Å². The standard InChI is InChI=1S/C18H17N5O2/c1-25-16-9-7-13(8-10-16)17-14(11-20-21-18(19)24)12-23(22-17)15-5-3-2-4-6-15/h2-12H,1H3,(H3,19,21,24)/b20-11+. The molecule has 0 radical (unpaired) electrons. The summed E-state index contributed by atoms with van der Waals surface area (Å²) in [5.41, 5.74) is 10.5. The smallest absolute Gasteiger partial charge is 0.332 e. The van der Waals surface area contributed by atoms with E-state index in [0.29, 0.717) is 0 Å². The zero-order valence-electron chi connectivity index (χ0n) is 13.6. The Morgan fingerprint density at radius 2 is 1.92 bits per heavy atom. The Hall–Kier alpha value is -3.61. The fourth-order valence-corrected chi connectivity index (χ4v) is 2.33. The Balaban J connectivity index is 2.02. The Labute approximate surface area is 144 Å². The van der Waals surface area contributed by atoms with Crippen molar-refractivity contribution in [1.82, 2.24) is 15.2 Å². The molecule has 7 heteroatoms. The van der Waals surface area contributed by atoms with Gasteiger partial charge in [0, 0.05) is 17.3 Å². The van der Waals surface area contributed by atoms with Crippen LogP contribution in [0.2, 0.25) is 0 Å². The van der Waals surface area contributed by atoms with Crippen molar-refractivity contribution in [3.8, 4) is 22.7 Å². The number of carbonyl (C=O) groups excluding carboxylic acids is 1. The fraction of sp³-hybridized carbons (Fsp3) is 0.0556. The molecule has 25 heavy (non-hydrogen) atoms. The lowest BCUT2D eigenvalue weighted by Gasteiger charge is -2.02. The normalized spacial score (nSPS) is 10.8. The topological polar surface area (TPSA) is 94.5 Å². The van der Waals surface area contributed by atoms with Crippen LogP contribution >= 0.6 is 0 Å². The molecule has 3 N–H and O–H groups in total. The predicted octanol–water partition coefficient (Wildman–Crippen LogP) is 2.55. The minimum Gasteiger partial charge on any atom is -0.497 e. The number of nitrogens with one attached hydrogen (secondary N) is 1. The van der Waals surface area contributed by atoms with Crippen LogP contribution in [-0.2, 0) is 0 Å². The quantitative estimate of drug-likeness (QED) is 0.554. The largest absolute Gasteiger partial charge is 0.497 e. The summed E-state index contributed by atoms with van der Waals surface area (Å²) in [6.45, 7) is 0. The van der Waals surface area contributed by atoms with Crippen molar-refractivity contribution in [1.29, 1.82) is 0 Å². The molecule has 3 aromatic rings. The van der Waals surface area contributed by atoms with Crippen molar-refractivity contribution < 1.29 is 9.53 Å². The molecule has 0 aliphatic carbocycles. The van der Waals surface area contributed by atoms with Crippen molar-refractivity contribution in [3.05, 3.63) is 66.4 Å². The lowest BCUT2D eigenvalue weighted by atomic mass is 10.1. The Morgan fingerprint density at radius 1 is 1.20 bits per heavy atom. The van der Waals surface area contributed by atoms with E-state index in [2.05, 4.69) is 15.6 Å². The first-order valence-corrected chi connectivity index (χ1v) is 7.55. The molecule has 7 nitrogen and oxygen atoms in total. The molecule has 3 rings (SSSR count). The van der Waals surface area contributed by atoms with Gasteiger partial charge < -0.3 is 10.5 Å². The molecule has 126 valence electrons. The Kier molecular flexibility index (Phi) is 4.75. The number of benzene rings is 2. The number of nitrogens with two attached hydrogens (primary N) is 1. The third-order valence-corrected chi connectivity index (χ3v) is 3.51. The van der Waals surface area contributed by atoms with Crippen molar-refractivity contribution in [3.63, 3.8) is 0 Å². The minimum atomic E-state index is -0.724. The van der Waals surface area contributed by atoms with Gasteiger partial charge in [0.2, 0.25) is 0 Å². The summed E-state index contributed by atoms with van der Waals surface area (Å²) in [6.07, 6.45) is 3.35. The number of aromatic nitrogens is 2. The fourth-order valence-electron chi connectivity index (χ4n) is 2.33. The second-order valence-corrected chi connectivity index (χ2v) is 5.18. The molecule has 1 heterocycles. The van der Waals surface area contributed by atoms with Gasteiger partial charge in [-0.25, -0.2) is 14.9 Å². The third kappa shape index (κ3) is 3.84. The number of nitrogens with zero attached hydrogens (tertiary/aromatic N) is 3. The molecule has 0 saturated carbocycles. The molecular weight excluding hydrogens is 318 g/mol. The molecule has 0 fully saturated rings. The van der Waals surface area contributed by atoms with Crippen molar-refractivity contribution in [2.24, 2.45) is 10.8 Å². The number of urea groups is 1. The minimum absolute atomic E-state index is 0.724. The highest BCUT2D eigenvalue weighted by Crippen LogP contribution is 2.24. The Morgan fingerprint density at radius 3 is 2.56 bits per heavy atom. The summed E-state index contributed by atoms with van der Waals surface area (Å²) in [5.74, 6) is 0.761. The molecule has 0 saturated heterocycles. The maximum atomic E-state index is 10.8. The van der Waals surface area contributed by atoms with Crippen LogP contribution in [0, 0.1) is 0 Å². The molecule has 0 bridgehead atoms. The maximum Gasteiger partial charge on any atom is 0.332 e. The van der Waals surface area contributed by atoms with Crippen molar-refractivity contribution in [2.45, 2.75) is 0 Å². The van der Waals surface area contributed by atoms with Crippen LogP contribution in [0.15, 0.2) is 65.9 Å². The van der Waals surface area contributed by atoms with E-state index in [4.69, 9.17) is 10.5 Å². The van der Waals surface area contributed by atoms with Gasteiger partial charge >= 0.3 is 6.03 Å². The third-order valence-electron chi connectivity index (χ3n) is 3.51. The van der Waals surface area contributed by atoms with Gasteiger partial charge in [0.05, 0.1) is 19.0 Å². The Bertz CT molecular complexity index is 886. The first-order valence-electron chi connectivity index (χ1n) is 7.55. The van der Waals surface area contributed by atoms with E-state index in [0.717, 1.165) is 28.3 Å². The molecular formula is C18H17N5O2. The van der Waals surface area contributed by atoms with Crippen molar-refractivity contribution in [2.75, 3.05) is 7.11 Å². The molecule has 0 spiro atoms. The van der Waals surface area contributed by atoms with Gasteiger partial charge in [0.25, 0.3) is 0 Å². The summed E-state index contributed by atoms with van der Waals surface area (Å²) in [6, 6.07) is 16.5. The van der Waals surface area contributed by atoms with Gasteiger partial charge in [0.1, 0.15) is 11.4 Å². The molecule has 0 unspecified atom stereocenters. The zero-order valence-corrected chi connectivity index (χ0v) is 13.6. The summed E-state index contributed by atoms with van der Waals surface area (Å²) in [4.78, 5) is 10.8. The van der Waals surface area contributed by atoms with Gasteiger partial charge in [0.15, 0.2) is 0 Å². The molecule has 2 amide bonds. The second kappa shape index (κ2) is 7.31. The molecule has 0 atom stereocenters. The molecule has 2 aromatic carbocycles. The van der Waals surface area contributed by atoms with E-state index in [1.54, 1.807) is 11.8 Å². The van der Waals surface area contributed by atoms with E-state index in [-0.39, 0.29) is 0 Å². The summed E-state index contributed by atoms with van der Waals surface area (Å²) >= 11 is 0. The van der Waals surface area contributed by atoms with Gasteiger partial charge in [-0.15, -0.1) is 0 Å². The number of hydrogen-bond donors (Lipinski definition) is 2. The van der Waals surface area contributed by atoms with E-state index in [1.165, 1.54) is 6.21 Å². The number of rotatable bonds is 5. The molecule has 0 aliphatic heterocycles. The average molecular weight is 335 g/mol. The molecule has 1 aromatic heterocycles. The van der Waals surface area contributed by atoms with E-state index in [9.17, 15) is 4.79 Å². The second-order valence-electron chi connectivity index (χ2n) is 5.18. The number of carbonyl (C=O) groups is 1. The summed E-state index contributed by atoms with van der Waals surface area (Å²) in [5, 5.41) is 8.49. The molecule has 0 aliphatic rings. The number of methoxy groups -OCH3 is 1. The number of amides is 2. The number of para-hydroxylation sites is 1. The number of ether oxygens (including phenoxy) is 1. The number of hydrazone groups is 1. The average Bonchev–Trinajstić information content (AvgIpc) is 3.06. The van der Waals surface area contributed by atoms with Crippen LogP contribution in [0.4, 0.5) is 4.79 Å². The first kappa shape index (κ1) is 16.3. The lowest BCUT2D eigenvalue weighted by molar-refractivity contribution is 0.249. The highest BCUT2D eigenvalue weighted by Gasteiger charge is 2.11. The monoisotopic (exact) mass is 335 g/mol. The highest BCUT2D eigenvalue weighted by atomic mass is 16.5. The maximum absolute atomic E-state index is 10.8. The van der Waals surface area contributed by atoms with Crippen LogP contribution in [0.3, 0.4) is 0 Å². The number of hydrogen-bond acceptors (Lipinski definition) is 4. The summed E-state index contributed by atoms with van der Waals surface area (Å²) < 4.78 is 6.94. The van der Waals surface area contributed by atoms with Crippen LogP contribution in [0.1, 0.15) is 5.56 Å². The van der Waals surface area contributed by atoms with Gasteiger partial charge in [-0.3, -0.25) is 0 Å². The summed E-state index contributed by atoms with van der Waals surface area (Å²) in [7, 11) is 1.62. The van der Waals surface area contributed by atoms with E-state index in [1.807, 2.05) is 60.8 Å². The predicted molar refractivity (Wildman–Crippen MR) is 95.9 cm³/mol. The van der Waals surface area contributed by atoms with Crippen LogP contribution in [0.5, 0.6) is 5.75 Å². The van der Waals surface area contributed by atoms with Crippen LogP contribution in [-0.4, -0.2) is 29.1 Å². The van der Waals surface area contributed by atoms with Gasteiger partial charge in [-0.2, -0.15) is 10.2 Å². The van der Waals surface area contributed by atoms with E-state index >= 15 is 0 Å². The van der Waals surface area contributed by atoms with E-state index < -0.39 is 6.03 Å². The first-order chi connectivity index (χ1) is 12.2. The van der Waals surface area contributed by atoms with Crippen LogP contribution < -0.4 is 15.9 Å². The van der Waals surface area contributed by atoms with Crippen molar-refractivity contribution >= 4 is 12.2 Å². The lowest BCUT2D eigenvalue weighted by Crippen LogP contribution is -2.24. The zero-order chi connectivity index (χ0) is 17.6. The highest BCUT2D eigenvalue weighted by molar-refractivity contribution is 5.89. The van der Waals surface area contributed by atoms with Crippen LogP contribution in [0.25, 0.3) is 16.9 Å².